The molecule has 2 aromatic rings. The zero-order chi connectivity index (χ0) is 17.9. The molecule has 5 nitrogen and oxygen atoms in total. The molecule has 0 aliphatic carbocycles. The van der Waals surface area contributed by atoms with Crippen molar-refractivity contribution in [1.29, 1.82) is 0 Å². The molecule has 3 heterocycles. The van der Waals surface area contributed by atoms with E-state index in [4.69, 9.17) is 0 Å². The molecule has 2 fully saturated rings. The third-order valence-corrected chi connectivity index (χ3v) is 6.24. The lowest BCUT2D eigenvalue weighted by atomic mass is 10.2. The maximum atomic E-state index is 12.5. The van der Waals surface area contributed by atoms with Gasteiger partial charge in [0.05, 0.1) is 4.88 Å². The first kappa shape index (κ1) is 17.4. The van der Waals surface area contributed by atoms with E-state index < -0.39 is 0 Å². The summed E-state index contributed by atoms with van der Waals surface area (Å²) in [6, 6.07) is 12.8. The van der Waals surface area contributed by atoms with Crippen LogP contribution < -0.4 is 9.80 Å². The van der Waals surface area contributed by atoms with Gasteiger partial charge in [0.15, 0.2) is 0 Å². The van der Waals surface area contributed by atoms with Crippen molar-refractivity contribution in [2.45, 2.75) is 0 Å². The minimum atomic E-state index is 0.171. The number of hydrogen-bond acceptors (Lipinski definition) is 5. The van der Waals surface area contributed by atoms with E-state index in [2.05, 4.69) is 46.0 Å². The molecule has 0 saturated carbocycles. The molecule has 0 spiro atoms. The Morgan fingerprint density at radius 2 is 1.35 bits per heavy atom. The molecule has 1 amide bonds. The molecule has 26 heavy (non-hydrogen) atoms. The number of hydrogen-bond donors (Lipinski definition) is 0. The van der Waals surface area contributed by atoms with Crippen LogP contribution in [0.2, 0.25) is 0 Å². The highest BCUT2D eigenvalue weighted by Crippen LogP contribution is 2.23. The van der Waals surface area contributed by atoms with E-state index in [0.717, 1.165) is 57.2 Å². The van der Waals surface area contributed by atoms with Gasteiger partial charge < -0.3 is 19.6 Å². The monoisotopic (exact) mass is 370 g/mol. The van der Waals surface area contributed by atoms with E-state index in [1.54, 1.807) is 0 Å². The molecule has 4 rings (SSSR count). The summed E-state index contributed by atoms with van der Waals surface area (Å²) in [7, 11) is 2.18. The van der Waals surface area contributed by atoms with E-state index in [1.165, 1.54) is 22.7 Å². The van der Waals surface area contributed by atoms with Crippen molar-refractivity contribution in [2.24, 2.45) is 0 Å². The highest BCUT2D eigenvalue weighted by Gasteiger charge is 2.23. The quantitative estimate of drug-likeness (QED) is 0.830. The lowest BCUT2D eigenvalue weighted by Gasteiger charge is -2.37. The van der Waals surface area contributed by atoms with E-state index in [-0.39, 0.29) is 5.91 Å². The van der Waals surface area contributed by atoms with Crippen LogP contribution in [-0.2, 0) is 0 Å². The predicted octanol–water partition coefficient (Wildman–Crippen LogP) is 2.46. The van der Waals surface area contributed by atoms with Gasteiger partial charge in [-0.3, -0.25) is 4.79 Å². The van der Waals surface area contributed by atoms with Crippen LogP contribution in [0.25, 0.3) is 0 Å². The standard InChI is InChI=1S/C20H26N4OS/c1-21-8-10-22(11-9-21)17-4-6-18(7-5-17)23-12-14-24(15-13-23)20(25)19-3-2-16-26-19/h2-7,16H,8-15H2,1H3. The predicted molar refractivity (Wildman–Crippen MR) is 109 cm³/mol. The smallest absolute Gasteiger partial charge is 0.264 e. The van der Waals surface area contributed by atoms with Gasteiger partial charge in [0.25, 0.3) is 5.91 Å². The van der Waals surface area contributed by atoms with Crippen molar-refractivity contribution in [3.05, 3.63) is 46.7 Å². The Balaban J connectivity index is 1.34. The molecule has 2 saturated heterocycles. The molecule has 2 aliphatic heterocycles. The van der Waals surface area contributed by atoms with Gasteiger partial charge in [-0.25, -0.2) is 0 Å². The minimum absolute atomic E-state index is 0.171. The van der Waals surface area contributed by atoms with Gasteiger partial charge in [-0.1, -0.05) is 6.07 Å². The Morgan fingerprint density at radius 1 is 0.808 bits per heavy atom. The average Bonchev–Trinajstić information content (AvgIpc) is 3.23. The van der Waals surface area contributed by atoms with Crippen LogP contribution in [0.4, 0.5) is 11.4 Å². The second kappa shape index (κ2) is 7.68. The van der Waals surface area contributed by atoms with Crippen LogP contribution in [0.3, 0.4) is 0 Å². The number of rotatable bonds is 3. The highest BCUT2D eigenvalue weighted by molar-refractivity contribution is 7.12. The molecule has 2 aliphatic rings. The SMILES string of the molecule is CN1CCN(c2ccc(N3CCN(C(=O)c4cccs4)CC3)cc2)CC1. The number of thiophene rings is 1. The van der Waals surface area contributed by atoms with Crippen LogP contribution >= 0.6 is 11.3 Å². The molecule has 6 heteroatoms. The number of amides is 1. The van der Waals surface area contributed by atoms with Crippen LogP contribution in [0, 0.1) is 0 Å². The first-order valence-electron chi connectivity index (χ1n) is 9.32. The number of benzene rings is 1. The number of carbonyl (C=O) groups excluding carboxylic acids is 1. The van der Waals surface area contributed by atoms with Gasteiger partial charge >= 0.3 is 0 Å². The Morgan fingerprint density at radius 3 is 1.85 bits per heavy atom. The molecule has 138 valence electrons. The van der Waals surface area contributed by atoms with Crippen molar-refractivity contribution in [1.82, 2.24) is 9.80 Å². The first-order chi connectivity index (χ1) is 12.7. The fourth-order valence-corrected chi connectivity index (χ4v) is 4.35. The number of anilines is 2. The summed E-state index contributed by atoms with van der Waals surface area (Å²) in [5, 5.41) is 1.96. The summed E-state index contributed by atoms with van der Waals surface area (Å²) < 4.78 is 0. The maximum absolute atomic E-state index is 12.5. The topological polar surface area (TPSA) is 30.0 Å². The van der Waals surface area contributed by atoms with Gasteiger partial charge in [0.2, 0.25) is 0 Å². The maximum Gasteiger partial charge on any atom is 0.264 e. The summed E-state index contributed by atoms with van der Waals surface area (Å²) in [6.45, 7) is 7.81. The third-order valence-electron chi connectivity index (χ3n) is 5.38. The van der Waals surface area contributed by atoms with Crippen molar-refractivity contribution in [3.63, 3.8) is 0 Å². The molecule has 1 aromatic heterocycles. The summed E-state index contributed by atoms with van der Waals surface area (Å²) >= 11 is 1.52. The van der Waals surface area contributed by atoms with Crippen molar-refractivity contribution < 1.29 is 4.79 Å². The van der Waals surface area contributed by atoms with Crippen molar-refractivity contribution in [2.75, 3.05) is 69.2 Å². The lowest BCUT2D eigenvalue weighted by Crippen LogP contribution is -2.48. The van der Waals surface area contributed by atoms with E-state index in [1.807, 2.05) is 22.4 Å². The van der Waals surface area contributed by atoms with E-state index in [9.17, 15) is 4.79 Å². The Kier molecular flexibility index (Phi) is 5.13. The Bertz CT molecular complexity index is 715. The van der Waals surface area contributed by atoms with Crippen molar-refractivity contribution >= 4 is 28.6 Å². The first-order valence-corrected chi connectivity index (χ1v) is 10.2. The third kappa shape index (κ3) is 3.71. The zero-order valence-corrected chi connectivity index (χ0v) is 16.1. The van der Waals surface area contributed by atoms with Gasteiger partial charge in [0.1, 0.15) is 0 Å². The van der Waals surface area contributed by atoms with Gasteiger partial charge in [-0.2, -0.15) is 0 Å². The van der Waals surface area contributed by atoms with Crippen LogP contribution in [0.5, 0.6) is 0 Å². The Labute approximate surface area is 159 Å². The molecule has 0 unspecified atom stereocenters. The van der Waals surface area contributed by atoms with Crippen LogP contribution in [0.1, 0.15) is 9.67 Å². The number of likely N-dealkylation sites (N-methyl/N-ethyl adjacent to an activating group) is 1. The average molecular weight is 371 g/mol. The molecule has 0 N–H and O–H groups in total. The van der Waals surface area contributed by atoms with Gasteiger partial charge in [0, 0.05) is 63.7 Å². The number of carbonyl (C=O) groups is 1. The molecular weight excluding hydrogens is 344 g/mol. The molecule has 1 aromatic carbocycles. The second-order valence-corrected chi connectivity index (χ2v) is 8.01. The van der Waals surface area contributed by atoms with Crippen molar-refractivity contribution in [3.8, 4) is 0 Å². The van der Waals surface area contributed by atoms with E-state index in [0.29, 0.717) is 0 Å². The lowest BCUT2D eigenvalue weighted by molar-refractivity contribution is 0.0751. The largest absolute Gasteiger partial charge is 0.369 e. The normalized spacial score (nSPS) is 19.0. The van der Waals surface area contributed by atoms with E-state index >= 15 is 0 Å². The second-order valence-electron chi connectivity index (χ2n) is 7.06. The highest BCUT2D eigenvalue weighted by atomic mass is 32.1. The fraction of sp³-hybridized carbons (Fsp3) is 0.450. The summed E-state index contributed by atoms with van der Waals surface area (Å²) in [4.78, 5) is 22.5. The minimum Gasteiger partial charge on any atom is -0.369 e. The fourth-order valence-electron chi connectivity index (χ4n) is 3.66. The summed E-state index contributed by atoms with van der Waals surface area (Å²) in [5.41, 5.74) is 2.57. The van der Waals surface area contributed by atoms with Gasteiger partial charge in [-0.05, 0) is 42.8 Å². The Hall–Kier alpha value is -2.05. The zero-order valence-electron chi connectivity index (χ0n) is 15.3. The number of nitrogens with zero attached hydrogens (tertiary/aromatic N) is 4. The summed E-state index contributed by atoms with van der Waals surface area (Å²) in [6.07, 6.45) is 0. The summed E-state index contributed by atoms with van der Waals surface area (Å²) in [5.74, 6) is 0.171. The molecule has 0 bridgehead atoms. The van der Waals surface area contributed by atoms with Gasteiger partial charge in [-0.15, -0.1) is 11.3 Å². The molecule has 0 radical (unpaired) electrons. The molecule has 0 atom stereocenters. The van der Waals surface area contributed by atoms with Crippen LogP contribution in [-0.4, -0.2) is 75.1 Å². The molecular formula is C20H26N4OS. The van der Waals surface area contributed by atoms with Crippen LogP contribution in [0.15, 0.2) is 41.8 Å². The number of piperazine rings is 2.